The lowest BCUT2D eigenvalue weighted by Crippen LogP contribution is -2.31. The van der Waals surface area contributed by atoms with E-state index in [9.17, 15) is 0 Å². The van der Waals surface area contributed by atoms with E-state index in [1.165, 1.54) is 0 Å². The third kappa shape index (κ3) is 3.83. The SMILES string of the molecule is CCc1nn(CC)c(CC(Cc2ccccn2)NC)c1Cl. The molecule has 1 unspecified atom stereocenters. The lowest BCUT2D eigenvalue weighted by molar-refractivity contribution is 0.515. The Morgan fingerprint density at radius 1 is 1.29 bits per heavy atom. The van der Waals surface area contributed by atoms with Crippen LogP contribution < -0.4 is 5.32 Å². The Labute approximate surface area is 131 Å². The standard InChI is InChI=1S/C16H23ClN4/c1-4-14-16(17)15(21(5-2)20-14)11-13(18-3)10-12-8-6-7-9-19-12/h6-9,13,18H,4-5,10-11H2,1-3H3. The Bertz CT molecular complexity index is 565. The number of pyridine rings is 1. The van der Waals surface area contributed by atoms with Crippen LogP contribution in [0.4, 0.5) is 0 Å². The molecule has 2 aromatic heterocycles. The van der Waals surface area contributed by atoms with Crippen LogP contribution in [0.1, 0.15) is 30.9 Å². The zero-order valence-corrected chi connectivity index (χ0v) is 13.7. The third-order valence-electron chi connectivity index (χ3n) is 3.72. The first-order chi connectivity index (χ1) is 10.2. The molecule has 21 heavy (non-hydrogen) atoms. The van der Waals surface area contributed by atoms with Crippen LogP contribution in [-0.4, -0.2) is 27.9 Å². The van der Waals surface area contributed by atoms with Gasteiger partial charge in [0.1, 0.15) is 0 Å². The molecule has 0 radical (unpaired) electrons. The average Bonchev–Trinajstić information content (AvgIpc) is 2.83. The Morgan fingerprint density at radius 3 is 2.67 bits per heavy atom. The molecular weight excluding hydrogens is 284 g/mol. The average molecular weight is 307 g/mol. The van der Waals surface area contributed by atoms with Crippen molar-refractivity contribution in [2.45, 2.75) is 45.7 Å². The second kappa shape index (κ2) is 7.57. The van der Waals surface area contributed by atoms with Crippen LogP contribution in [0.25, 0.3) is 0 Å². The highest BCUT2D eigenvalue weighted by molar-refractivity contribution is 6.31. The Hall–Kier alpha value is -1.39. The smallest absolute Gasteiger partial charge is 0.0850 e. The normalized spacial score (nSPS) is 12.6. The summed E-state index contributed by atoms with van der Waals surface area (Å²) >= 11 is 6.49. The summed E-state index contributed by atoms with van der Waals surface area (Å²) in [6, 6.07) is 6.31. The minimum absolute atomic E-state index is 0.295. The van der Waals surface area contributed by atoms with E-state index in [2.05, 4.69) is 35.3 Å². The van der Waals surface area contributed by atoms with Gasteiger partial charge in [0.05, 0.1) is 16.4 Å². The van der Waals surface area contributed by atoms with E-state index in [1.807, 2.05) is 30.1 Å². The van der Waals surface area contributed by atoms with Crippen LogP contribution in [0.3, 0.4) is 0 Å². The van der Waals surface area contributed by atoms with Crippen LogP contribution in [0.2, 0.25) is 5.02 Å². The Morgan fingerprint density at radius 2 is 2.10 bits per heavy atom. The molecule has 0 bridgehead atoms. The fourth-order valence-corrected chi connectivity index (χ4v) is 2.84. The lowest BCUT2D eigenvalue weighted by Gasteiger charge is -2.16. The number of nitrogens with zero attached hydrogens (tertiary/aromatic N) is 3. The molecule has 0 aliphatic rings. The number of hydrogen-bond donors (Lipinski definition) is 1. The van der Waals surface area contributed by atoms with Crippen molar-refractivity contribution >= 4 is 11.6 Å². The molecule has 4 nitrogen and oxygen atoms in total. The first kappa shape index (κ1) is 16.0. The summed E-state index contributed by atoms with van der Waals surface area (Å²) in [6.45, 7) is 5.02. The third-order valence-corrected chi connectivity index (χ3v) is 4.16. The van der Waals surface area contributed by atoms with Crippen molar-refractivity contribution in [3.05, 3.63) is 46.5 Å². The topological polar surface area (TPSA) is 42.7 Å². The lowest BCUT2D eigenvalue weighted by atomic mass is 10.0. The molecule has 2 heterocycles. The summed E-state index contributed by atoms with van der Waals surface area (Å²) < 4.78 is 2.02. The summed E-state index contributed by atoms with van der Waals surface area (Å²) in [5.41, 5.74) is 3.19. The molecule has 2 rings (SSSR count). The molecule has 0 saturated heterocycles. The molecular formula is C16H23ClN4. The van der Waals surface area contributed by atoms with Gasteiger partial charge in [-0.3, -0.25) is 9.67 Å². The van der Waals surface area contributed by atoms with Crippen molar-refractivity contribution in [2.75, 3.05) is 7.05 Å². The van der Waals surface area contributed by atoms with Crippen molar-refractivity contribution in [3.63, 3.8) is 0 Å². The van der Waals surface area contributed by atoms with E-state index in [0.29, 0.717) is 6.04 Å². The zero-order chi connectivity index (χ0) is 15.2. The maximum absolute atomic E-state index is 6.49. The van der Waals surface area contributed by atoms with Crippen molar-refractivity contribution in [1.82, 2.24) is 20.1 Å². The van der Waals surface area contributed by atoms with Gasteiger partial charge in [-0.05, 0) is 32.5 Å². The second-order valence-corrected chi connectivity index (χ2v) is 5.47. The van der Waals surface area contributed by atoms with Gasteiger partial charge in [0.15, 0.2) is 0 Å². The molecule has 0 amide bonds. The summed E-state index contributed by atoms with van der Waals surface area (Å²) in [5, 5.41) is 8.77. The van der Waals surface area contributed by atoms with E-state index < -0.39 is 0 Å². The van der Waals surface area contributed by atoms with Gasteiger partial charge in [0.2, 0.25) is 0 Å². The number of halogens is 1. The minimum atomic E-state index is 0.295. The number of aryl methyl sites for hydroxylation is 2. The fraction of sp³-hybridized carbons (Fsp3) is 0.500. The molecule has 5 heteroatoms. The molecule has 114 valence electrons. The number of aromatic nitrogens is 3. The van der Waals surface area contributed by atoms with Crippen LogP contribution >= 0.6 is 11.6 Å². The number of likely N-dealkylation sites (N-methyl/N-ethyl adjacent to an activating group) is 1. The van der Waals surface area contributed by atoms with Gasteiger partial charge in [0.25, 0.3) is 0 Å². The molecule has 0 spiro atoms. The van der Waals surface area contributed by atoms with Crippen LogP contribution in [0.5, 0.6) is 0 Å². The predicted molar refractivity (Wildman–Crippen MR) is 86.8 cm³/mol. The van der Waals surface area contributed by atoms with Gasteiger partial charge in [-0.2, -0.15) is 5.10 Å². The van der Waals surface area contributed by atoms with Crippen LogP contribution in [0, 0.1) is 0 Å². The van der Waals surface area contributed by atoms with Crippen molar-refractivity contribution < 1.29 is 0 Å². The van der Waals surface area contributed by atoms with Gasteiger partial charge in [0, 0.05) is 37.3 Å². The highest BCUT2D eigenvalue weighted by atomic mass is 35.5. The Balaban J connectivity index is 2.16. The molecule has 0 aromatic carbocycles. The van der Waals surface area contributed by atoms with Gasteiger partial charge >= 0.3 is 0 Å². The highest BCUT2D eigenvalue weighted by Crippen LogP contribution is 2.23. The van der Waals surface area contributed by atoms with Crippen LogP contribution in [0.15, 0.2) is 24.4 Å². The molecule has 0 aliphatic heterocycles. The fourth-order valence-electron chi connectivity index (χ4n) is 2.49. The minimum Gasteiger partial charge on any atom is -0.316 e. The van der Waals surface area contributed by atoms with Crippen molar-refractivity contribution in [1.29, 1.82) is 0 Å². The first-order valence-corrected chi connectivity index (χ1v) is 7.88. The van der Waals surface area contributed by atoms with Crippen molar-refractivity contribution in [2.24, 2.45) is 0 Å². The quantitative estimate of drug-likeness (QED) is 0.855. The molecule has 2 aromatic rings. The summed E-state index contributed by atoms with van der Waals surface area (Å²) in [4.78, 5) is 4.40. The van der Waals surface area contributed by atoms with Gasteiger partial charge in [-0.1, -0.05) is 24.6 Å². The van der Waals surface area contributed by atoms with Gasteiger partial charge < -0.3 is 5.32 Å². The van der Waals surface area contributed by atoms with Crippen LogP contribution in [-0.2, 0) is 25.8 Å². The first-order valence-electron chi connectivity index (χ1n) is 7.50. The maximum Gasteiger partial charge on any atom is 0.0850 e. The second-order valence-electron chi connectivity index (χ2n) is 5.09. The zero-order valence-electron chi connectivity index (χ0n) is 12.9. The van der Waals surface area contributed by atoms with E-state index >= 15 is 0 Å². The van der Waals surface area contributed by atoms with Crippen molar-refractivity contribution in [3.8, 4) is 0 Å². The monoisotopic (exact) mass is 306 g/mol. The summed E-state index contributed by atoms with van der Waals surface area (Å²) in [6.07, 6.45) is 4.43. The summed E-state index contributed by atoms with van der Waals surface area (Å²) in [5.74, 6) is 0. The van der Waals surface area contributed by atoms with E-state index in [-0.39, 0.29) is 0 Å². The molecule has 0 saturated carbocycles. The number of rotatable bonds is 7. The summed E-state index contributed by atoms with van der Waals surface area (Å²) in [7, 11) is 1.98. The van der Waals surface area contributed by atoms with E-state index in [0.717, 1.165) is 47.9 Å². The molecule has 1 atom stereocenters. The largest absolute Gasteiger partial charge is 0.316 e. The molecule has 0 aliphatic carbocycles. The number of nitrogens with one attached hydrogen (secondary N) is 1. The molecule has 1 N–H and O–H groups in total. The van der Waals surface area contributed by atoms with Gasteiger partial charge in [-0.25, -0.2) is 0 Å². The van der Waals surface area contributed by atoms with Gasteiger partial charge in [-0.15, -0.1) is 0 Å². The number of hydrogen-bond acceptors (Lipinski definition) is 3. The highest BCUT2D eigenvalue weighted by Gasteiger charge is 2.18. The molecule has 0 fully saturated rings. The van der Waals surface area contributed by atoms with E-state index in [1.54, 1.807) is 0 Å². The Kier molecular flexibility index (Phi) is 5.76. The maximum atomic E-state index is 6.49. The van der Waals surface area contributed by atoms with E-state index in [4.69, 9.17) is 11.6 Å². The predicted octanol–water partition coefficient (Wildman–Crippen LogP) is 2.89.